The maximum Gasteiger partial charge on any atom is 0.211 e. The van der Waals surface area contributed by atoms with E-state index in [1.165, 1.54) is 10.6 Å². The Labute approximate surface area is 107 Å². The van der Waals surface area contributed by atoms with E-state index in [4.69, 9.17) is 5.73 Å². The first-order valence-corrected chi connectivity index (χ1v) is 7.52. The monoisotopic (exact) mass is 271 g/mol. The van der Waals surface area contributed by atoms with Crippen molar-refractivity contribution in [1.82, 2.24) is 14.3 Å². The molecule has 0 atom stereocenters. The lowest BCUT2D eigenvalue weighted by Crippen LogP contribution is -2.48. The molecule has 0 unspecified atom stereocenters. The third-order valence-corrected chi connectivity index (χ3v) is 4.18. The predicted octanol–water partition coefficient (Wildman–Crippen LogP) is -0.551. The zero-order valence-electron chi connectivity index (χ0n) is 10.5. The summed E-state index contributed by atoms with van der Waals surface area (Å²) in [4.78, 5) is 10.3. The van der Waals surface area contributed by atoms with E-state index in [0.717, 1.165) is 5.82 Å². The van der Waals surface area contributed by atoms with Crippen LogP contribution in [0.25, 0.3) is 0 Å². The van der Waals surface area contributed by atoms with Crippen LogP contribution >= 0.6 is 0 Å². The fraction of sp³-hybridized carbons (Fsp3) is 0.600. The van der Waals surface area contributed by atoms with Crippen molar-refractivity contribution in [2.45, 2.75) is 6.92 Å². The van der Waals surface area contributed by atoms with Gasteiger partial charge in [0.05, 0.1) is 6.26 Å². The van der Waals surface area contributed by atoms with E-state index in [1.54, 1.807) is 13.0 Å². The van der Waals surface area contributed by atoms with Gasteiger partial charge in [-0.15, -0.1) is 0 Å². The molecule has 8 heteroatoms. The predicted molar refractivity (Wildman–Crippen MR) is 69.8 cm³/mol. The average Bonchev–Trinajstić information content (AvgIpc) is 2.27. The molecule has 1 aromatic heterocycles. The number of hydrogen-bond acceptors (Lipinski definition) is 6. The van der Waals surface area contributed by atoms with E-state index in [-0.39, 0.29) is 0 Å². The number of nitrogens with two attached hydrogens (primary N) is 1. The molecular weight excluding hydrogens is 254 g/mol. The molecule has 0 spiro atoms. The Morgan fingerprint density at radius 1 is 1.22 bits per heavy atom. The van der Waals surface area contributed by atoms with Crippen LogP contribution in [0.1, 0.15) is 5.82 Å². The third-order valence-electron chi connectivity index (χ3n) is 2.88. The van der Waals surface area contributed by atoms with Crippen molar-refractivity contribution >= 4 is 21.7 Å². The van der Waals surface area contributed by atoms with Gasteiger partial charge < -0.3 is 10.6 Å². The second kappa shape index (κ2) is 4.69. The minimum absolute atomic E-state index is 0.433. The zero-order chi connectivity index (χ0) is 13.3. The molecule has 0 radical (unpaired) electrons. The fourth-order valence-corrected chi connectivity index (χ4v) is 2.81. The van der Waals surface area contributed by atoms with Crippen LogP contribution in [-0.2, 0) is 10.0 Å². The summed E-state index contributed by atoms with van der Waals surface area (Å²) in [6, 6.07) is 1.71. The largest absolute Gasteiger partial charge is 0.384 e. The molecule has 18 heavy (non-hydrogen) atoms. The van der Waals surface area contributed by atoms with Crippen molar-refractivity contribution in [3.63, 3.8) is 0 Å². The second-order valence-electron chi connectivity index (χ2n) is 4.35. The van der Waals surface area contributed by atoms with Gasteiger partial charge in [-0.05, 0) is 6.92 Å². The molecule has 1 aliphatic heterocycles. The smallest absolute Gasteiger partial charge is 0.211 e. The van der Waals surface area contributed by atoms with Gasteiger partial charge >= 0.3 is 0 Å². The molecule has 2 heterocycles. The Balaban J connectivity index is 2.10. The van der Waals surface area contributed by atoms with Gasteiger partial charge in [-0.2, -0.15) is 4.31 Å². The van der Waals surface area contributed by atoms with Crippen molar-refractivity contribution in [3.05, 3.63) is 11.9 Å². The van der Waals surface area contributed by atoms with Crippen LogP contribution < -0.4 is 10.6 Å². The molecule has 0 amide bonds. The topological polar surface area (TPSA) is 92.4 Å². The molecule has 0 aromatic carbocycles. The summed E-state index contributed by atoms with van der Waals surface area (Å²) in [6.07, 6.45) is 1.23. The lowest BCUT2D eigenvalue weighted by molar-refractivity contribution is 0.387. The molecule has 2 N–H and O–H groups in total. The normalized spacial score (nSPS) is 18.0. The summed E-state index contributed by atoms with van der Waals surface area (Å²) in [5, 5.41) is 0. The molecule has 0 aliphatic carbocycles. The summed E-state index contributed by atoms with van der Waals surface area (Å²) in [6.45, 7) is 3.96. The summed E-state index contributed by atoms with van der Waals surface area (Å²) in [5.41, 5.74) is 5.68. The number of sulfonamides is 1. The highest BCUT2D eigenvalue weighted by molar-refractivity contribution is 7.88. The standard InChI is InChI=1S/C10H17N5O2S/c1-8-12-9(11)7-10(13-8)14-3-5-15(6-4-14)18(2,16)17/h7H,3-6H2,1-2H3,(H2,11,12,13). The summed E-state index contributed by atoms with van der Waals surface area (Å²) >= 11 is 0. The van der Waals surface area contributed by atoms with Crippen LogP contribution in [0.15, 0.2) is 6.07 Å². The quantitative estimate of drug-likeness (QED) is 0.776. The fourth-order valence-electron chi connectivity index (χ4n) is 1.99. The third kappa shape index (κ3) is 2.88. The molecule has 100 valence electrons. The van der Waals surface area contributed by atoms with Crippen LogP contribution in [0.2, 0.25) is 0 Å². The minimum Gasteiger partial charge on any atom is -0.384 e. The van der Waals surface area contributed by atoms with Crippen LogP contribution in [0, 0.1) is 6.92 Å². The Morgan fingerprint density at radius 3 is 2.33 bits per heavy atom. The number of rotatable bonds is 2. The first kappa shape index (κ1) is 13.0. The van der Waals surface area contributed by atoms with Gasteiger partial charge in [0.2, 0.25) is 10.0 Å². The van der Waals surface area contributed by atoms with Crippen LogP contribution in [-0.4, -0.2) is 55.1 Å². The molecule has 2 rings (SSSR count). The maximum absolute atomic E-state index is 11.4. The van der Waals surface area contributed by atoms with E-state index < -0.39 is 10.0 Å². The Kier molecular flexibility index (Phi) is 3.40. The number of nitrogens with zero attached hydrogens (tertiary/aromatic N) is 4. The number of piperazine rings is 1. The highest BCUT2D eigenvalue weighted by atomic mass is 32.2. The van der Waals surface area contributed by atoms with Crippen LogP contribution in [0.4, 0.5) is 11.6 Å². The number of aryl methyl sites for hydroxylation is 1. The minimum atomic E-state index is -3.10. The lowest BCUT2D eigenvalue weighted by atomic mass is 10.3. The molecular formula is C10H17N5O2S. The molecule has 7 nitrogen and oxygen atoms in total. The van der Waals surface area contributed by atoms with Crippen LogP contribution in [0.5, 0.6) is 0 Å². The molecule has 1 fully saturated rings. The number of aromatic nitrogens is 2. The SMILES string of the molecule is Cc1nc(N)cc(N2CCN(S(C)(=O)=O)CC2)n1. The van der Waals surface area contributed by atoms with Gasteiger partial charge in [-0.3, -0.25) is 0 Å². The van der Waals surface area contributed by atoms with E-state index in [9.17, 15) is 8.42 Å². The van der Waals surface area contributed by atoms with Crippen molar-refractivity contribution in [2.75, 3.05) is 43.1 Å². The van der Waals surface area contributed by atoms with Crippen molar-refractivity contribution in [1.29, 1.82) is 0 Å². The first-order valence-electron chi connectivity index (χ1n) is 5.67. The molecule has 1 aromatic rings. The van der Waals surface area contributed by atoms with Gasteiger partial charge in [-0.1, -0.05) is 0 Å². The average molecular weight is 271 g/mol. The number of hydrogen-bond donors (Lipinski definition) is 1. The number of nitrogen functional groups attached to an aromatic ring is 1. The highest BCUT2D eigenvalue weighted by Crippen LogP contribution is 2.16. The van der Waals surface area contributed by atoms with Gasteiger partial charge in [-0.25, -0.2) is 18.4 Å². The van der Waals surface area contributed by atoms with Gasteiger partial charge in [0, 0.05) is 32.2 Å². The molecule has 0 bridgehead atoms. The zero-order valence-corrected chi connectivity index (χ0v) is 11.3. The first-order chi connectivity index (χ1) is 8.36. The van der Waals surface area contributed by atoms with Gasteiger partial charge in [0.25, 0.3) is 0 Å². The van der Waals surface area contributed by atoms with E-state index in [0.29, 0.717) is 37.8 Å². The molecule has 1 saturated heterocycles. The Morgan fingerprint density at radius 2 is 1.83 bits per heavy atom. The summed E-state index contributed by atoms with van der Waals surface area (Å²) in [7, 11) is -3.10. The molecule has 0 saturated carbocycles. The second-order valence-corrected chi connectivity index (χ2v) is 6.33. The highest BCUT2D eigenvalue weighted by Gasteiger charge is 2.24. The van der Waals surface area contributed by atoms with Crippen molar-refractivity contribution in [2.24, 2.45) is 0 Å². The summed E-state index contributed by atoms with van der Waals surface area (Å²) in [5.74, 6) is 1.81. The van der Waals surface area contributed by atoms with E-state index in [1.807, 2.05) is 4.90 Å². The van der Waals surface area contributed by atoms with Crippen LogP contribution in [0.3, 0.4) is 0 Å². The van der Waals surface area contributed by atoms with E-state index >= 15 is 0 Å². The Bertz CT molecular complexity index is 517. The Hall–Kier alpha value is -1.41. The van der Waals surface area contributed by atoms with E-state index in [2.05, 4.69) is 9.97 Å². The van der Waals surface area contributed by atoms with Gasteiger partial charge in [0.15, 0.2) is 0 Å². The lowest BCUT2D eigenvalue weighted by Gasteiger charge is -2.34. The van der Waals surface area contributed by atoms with Crippen molar-refractivity contribution < 1.29 is 8.42 Å². The van der Waals surface area contributed by atoms with Crippen molar-refractivity contribution in [3.8, 4) is 0 Å². The summed E-state index contributed by atoms with van der Waals surface area (Å²) < 4.78 is 24.3. The van der Waals surface area contributed by atoms with Gasteiger partial charge in [0.1, 0.15) is 17.5 Å². The molecule has 1 aliphatic rings. The number of anilines is 2. The maximum atomic E-state index is 11.4.